The fraction of sp³-hybridized carbons (Fsp3) is 0.160. The number of amides is 2. The van der Waals surface area contributed by atoms with Gasteiger partial charge in [-0.2, -0.15) is 5.10 Å². The second-order valence-corrected chi connectivity index (χ2v) is 7.43. The summed E-state index contributed by atoms with van der Waals surface area (Å²) in [7, 11) is 1.63. The summed E-state index contributed by atoms with van der Waals surface area (Å²) >= 11 is 6.00. The quantitative estimate of drug-likeness (QED) is 0.332. The van der Waals surface area contributed by atoms with Gasteiger partial charge in [0.25, 0.3) is 0 Å². The van der Waals surface area contributed by atoms with Gasteiger partial charge >= 0.3 is 0 Å². The summed E-state index contributed by atoms with van der Waals surface area (Å²) in [4.78, 5) is 23.9. The number of hydrogen-bond acceptors (Lipinski definition) is 5. The number of hydrogen-bond donors (Lipinski definition) is 2. The Labute approximate surface area is 197 Å². The number of nitrogens with zero attached hydrogens (tertiary/aromatic N) is 1. The van der Waals surface area contributed by atoms with E-state index in [2.05, 4.69) is 15.8 Å². The van der Waals surface area contributed by atoms with E-state index in [1.54, 1.807) is 31.4 Å². The number of anilines is 1. The molecule has 0 saturated carbocycles. The van der Waals surface area contributed by atoms with Crippen LogP contribution in [0.4, 0.5) is 5.69 Å². The molecule has 0 aliphatic carbocycles. The highest BCUT2D eigenvalue weighted by atomic mass is 35.5. The number of nitrogens with one attached hydrogen (secondary N) is 2. The Morgan fingerprint density at radius 2 is 1.58 bits per heavy atom. The number of methoxy groups -OCH3 is 1. The van der Waals surface area contributed by atoms with E-state index in [0.29, 0.717) is 17.3 Å². The summed E-state index contributed by atoms with van der Waals surface area (Å²) in [5.41, 5.74) is 4.76. The first-order valence-corrected chi connectivity index (χ1v) is 10.6. The van der Waals surface area contributed by atoms with Crippen LogP contribution in [-0.2, 0) is 16.2 Å². The minimum absolute atomic E-state index is 0.00572. The molecule has 0 radical (unpaired) electrons. The second-order valence-electron chi connectivity index (χ2n) is 7.03. The highest BCUT2D eigenvalue weighted by molar-refractivity contribution is 6.33. The molecule has 2 amide bonds. The monoisotopic (exact) mass is 465 g/mol. The summed E-state index contributed by atoms with van der Waals surface area (Å²) in [6.07, 6.45) is 1.55. The topological polar surface area (TPSA) is 89.0 Å². The van der Waals surface area contributed by atoms with Crippen molar-refractivity contribution in [2.24, 2.45) is 5.10 Å². The Morgan fingerprint density at radius 1 is 0.909 bits per heavy atom. The van der Waals surface area contributed by atoms with Crippen LogP contribution in [0.15, 0.2) is 77.9 Å². The molecule has 0 aromatic heterocycles. The lowest BCUT2D eigenvalue weighted by Crippen LogP contribution is -2.20. The molecule has 0 bridgehead atoms. The third-order valence-corrected chi connectivity index (χ3v) is 4.90. The standard InChI is InChI=1S/C25H24ClN3O4/c1-32-20-10-8-19(9-11-20)17-33-21-12-6-18(7-13-21)16-27-29-25(31)15-14-24(30)28-23-5-3-2-4-22(23)26/h2-13,16H,14-15,17H2,1H3,(H,28,30)(H,29,31). The minimum atomic E-state index is -0.361. The highest BCUT2D eigenvalue weighted by Crippen LogP contribution is 2.20. The summed E-state index contributed by atoms with van der Waals surface area (Å²) in [6.45, 7) is 0.442. The molecule has 0 saturated heterocycles. The van der Waals surface area contributed by atoms with E-state index in [0.717, 1.165) is 22.6 Å². The van der Waals surface area contributed by atoms with Crippen molar-refractivity contribution in [3.63, 3.8) is 0 Å². The number of carbonyl (C=O) groups excluding carboxylic acids is 2. The predicted molar refractivity (Wildman–Crippen MR) is 129 cm³/mol. The summed E-state index contributed by atoms with van der Waals surface area (Å²) in [5.74, 6) is 0.860. The van der Waals surface area contributed by atoms with Crippen LogP contribution in [0, 0.1) is 0 Å². The molecule has 33 heavy (non-hydrogen) atoms. The summed E-state index contributed by atoms with van der Waals surface area (Å²) in [6, 6.07) is 21.9. The van der Waals surface area contributed by atoms with Crippen molar-refractivity contribution in [1.82, 2.24) is 5.43 Å². The van der Waals surface area contributed by atoms with Crippen molar-refractivity contribution in [2.45, 2.75) is 19.4 Å². The lowest BCUT2D eigenvalue weighted by molar-refractivity contribution is -0.124. The van der Waals surface area contributed by atoms with Crippen LogP contribution in [0.5, 0.6) is 11.5 Å². The zero-order valence-corrected chi connectivity index (χ0v) is 18.8. The van der Waals surface area contributed by atoms with Crippen molar-refractivity contribution >= 4 is 35.3 Å². The van der Waals surface area contributed by atoms with Gasteiger partial charge in [-0.3, -0.25) is 9.59 Å². The Bertz CT molecular complexity index is 1100. The first-order chi connectivity index (χ1) is 16.0. The van der Waals surface area contributed by atoms with E-state index in [-0.39, 0.29) is 24.7 Å². The van der Waals surface area contributed by atoms with Crippen molar-refractivity contribution in [3.8, 4) is 11.5 Å². The van der Waals surface area contributed by atoms with Gasteiger partial charge in [0.2, 0.25) is 11.8 Å². The van der Waals surface area contributed by atoms with Crippen LogP contribution in [0.1, 0.15) is 24.0 Å². The fourth-order valence-corrected chi connectivity index (χ4v) is 2.96. The Morgan fingerprint density at radius 3 is 2.27 bits per heavy atom. The van der Waals surface area contributed by atoms with Gasteiger partial charge < -0.3 is 14.8 Å². The molecule has 0 heterocycles. The molecule has 0 unspecified atom stereocenters. The molecule has 3 rings (SSSR count). The minimum Gasteiger partial charge on any atom is -0.497 e. The third-order valence-electron chi connectivity index (χ3n) is 4.57. The molecule has 0 spiro atoms. The second kappa shape index (κ2) is 12.3. The van der Waals surface area contributed by atoms with Crippen LogP contribution in [0.3, 0.4) is 0 Å². The zero-order valence-electron chi connectivity index (χ0n) is 18.1. The van der Waals surface area contributed by atoms with Gasteiger partial charge in [-0.15, -0.1) is 0 Å². The van der Waals surface area contributed by atoms with Crippen LogP contribution < -0.4 is 20.2 Å². The Balaban J connectivity index is 1.38. The van der Waals surface area contributed by atoms with Crippen LogP contribution in [0.25, 0.3) is 0 Å². The molecule has 3 aromatic rings. The SMILES string of the molecule is COc1ccc(COc2ccc(C=NNC(=O)CCC(=O)Nc3ccccc3Cl)cc2)cc1. The molecule has 170 valence electrons. The Kier molecular flexibility index (Phi) is 8.85. The average molecular weight is 466 g/mol. The van der Waals surface area contributed by atoms with Gasteiger partial charge in [-0.25, -0.2) is 5.43 Å². The number of halogens is 1. The molecule has 0 aliphatic heterocycles. The highest BCUT2D eigenvalue weighted by Gasteiger charge is 2.08. The smallest absolute Gasteiger partial charge is 0.240 e. The zero-order chi connectivity index (χ0) is 23.5. The van der Waals surface area contributed by atoms with E-state index in [1.165, 1.54) is 6.21 Å². The number of hydrazone groups is 1. The third kappa shape index (κ3) is 7.97. The fourth-order valence-electron chi connectivity index (χ4n) is 2.78. The number of benzene rings is 3. The van der Waals surface area contributed by atoms with Gasteiger partial charge in [0.1, 0.15) is 18.1 Å². The molecule has 0 atom stereocenters. The van der Waals surface area contributed by atoms with Gasteiger partial charge in [-0.1, -0.05) is 35.9 Å². The van der Waals surface area contributed by atoms with Crippen molar-refractivity contribution < 1.29 is 19.1 Å². The van der Waals surface area contributed by atoms with Gasteiger partial charge in [-0.05, 0) is 59.7 Å². The molecule has 0 aliphatic rings. The molecule has 7 nitrogen and oxygen atoms in total. The van der Waals surface area contributed by atoms with Gasteiger partial charge in [0, 0.05) is 12.8 Å². The number of carbonyl (C=O) groups is 2. The maximum atomic E-state index is 12.0. The average Bonchev–Trinajstić information content (AvgIpc) is 2.84. The van der Waals surface area contributed by atoms with Crippen molar-refractivity contribution in [2.75, 3.05) is 12.4 Å². The van der Waals surface area contributed by atoms with E-state index in [1.807, 2.05) is 48.5 Å². The lowest BCUT2D eigenvalue weighted by atomic mass is 10.2. The molecule has 2 N–H and O–H groups in total. The first-order valence-electron chi connectivity index (χ1n) is 10.3. The normalized spacial score (nSPS) is 10.6. The van der Waals surface area contributed by atoms with Crippen LogP contribution in [-0.4, -0.2) is 25.1 Å². The van der Waals surface area contributed by atoms with E-state index in [9.17, 15) is 9.59 Å². The van der Waals surface area contributed by atoms with Gasteiger partial charge in [0.15, 0.2) is 0 Å². The lowest BCUT2D eigenvalue weighted by Gasteiger charge is -2.07. The van der Waals surface area contributed by atoms with E-state index in [4.69, 9.17) is 21.1 Å². The van der Waals surface area contributed by atoms with Crippen molar-refractivity contribution in [1.29, 1.82) is 0 Å². The molecule has 3 aromatic carbocycles. The largest absolute Gasteiger partial charge is 0.497 e. The van der Waals surface area contributed by atoms with Crippen LogP contribution >= 0.6 is 11.6 Å². The Hall–Kier alpha value is -3.84. The summed E-state index contributed by atoms with van der Waals surface area (Å²) in [5, 5.41) is 7.04. The molecule has 8 heteroatoms. The van der Waals surface area contributed by atoms with E-state index >= 15 is 0 Å². The number of ether oxygens (including phenoxy) is 2. The molecular formula is C25H24ClN3O4. The maximum absolute atomic E-state index is 12.0. The first kappa shape index (κ1) is 23.8. The predicted octanol–water partition coefficient (Wildman–Crippen LogP) is 4.80. The van der Waals surface area contributed by atoms with Gasteiger partial charge in [0.05, 0.1) is 24.0 Å². The number of para-hydroxylation sites is 1. The molecular weight excluding hydrogens is 442 g/mol. The summed E-state index contributed by atoms with van der Waals surface area (Å²) < 4.78 is 10.9. The van der Waals surface area contributed by atoms with Crippen molar-refractivity contribution in [3.05, 3.63) is 88.9 Å². The van der Waals surface area contributed by atoms with E-state index < -0.39 is 0 Å². The van der Waals surface area contributed by atoms with Crippen LogP contribution in [0.2, 0.25) is 5.02 Å². The maximum Gasteiger partial charge on any atom is 0.240 e. The molecule has 0 fully saturated rings. The number of rotatable bonds is 10.